The van der Waals surface area contributed by atoms with Gasteiger partial charge in [0.1, 0.15) is 5.78 Å². The van der Waals surface area contributed by atoms with Gasteiger partial charge in [-0.3, -0.25) is 0 Å². The number of hydrogen-bond donors (Lipinski definition) is 0. The van der Waals surface area contributed by atoms with Crippen LogP contribution < -0.4 is 0 Å². The third-order valence-electron chi connectivity index (χ3n) is 3.45. The molecule has 0 saturated carbocycles. The second kappa shape index (κ2) is 6.00. The Bertz CT molecular complexity index is 391. The van der Waals surface area contributed by atoms with E-state index in [0.717, 1.165) is 6.42 Å². The average molecular weight is 232 g/mol. The van der Waals surface area contributed by atoms with E-state index >= 15 is 0 Å². The molecule has 0 aromatic heterocycles. The molecule has 0 amide bonds. The molecule has 1 heteroatoms. The molecule has 94 valence electrons. The summed E-state index contributed by atoms with van der Waals surface area (Å²) in [5, 5.41) is 0. The second-order valence-corrected chi connectivity index (χ2v) is 5.45. The van der Waals surface area contributed by atoms with E-state index in [1.54, 1.807) is 6.92 Å². The summed E-state index contributed by atoms with van der Waals surface area (Å²) in [6.45, 7) is 10.5. The summed E-state index contributed by atoms with van der Waals surface area (Å²) >= 11 is 0. The Morgan fingerprint density at radius 2 is 1.88 bits per heavy atom. The molecule has 0 N–H and O–H groups in total. The van der Waals surface area contributed by atoms with Gasteiger partial charge in [-0.15, -0.1) is 0 Å². The molecule has 1 aromatic rings. The Balaban J connectivity index is 2.96. The van der Waals surface area contributed by atoms with Gasteiger partial charge in [0, 0.05) is 6.42 Å². The van der Waals surface area contributed by atoms with Crippen molar-refractivity contribution in [3.8, 4) is 0 Å². The molecule has 0 aliphatic heterocycles. The maximum atomic E-state index is 11.2. The maximum absolute atomic E-state index is 11.2. The molecular weight excluding hydrogens is 208 g/mol. The molecule has 0 aliphatic carbocycles. The summed E-state index contributed by atoms with van der Waals surface area (Å²) in [6, 6.07) is 6.62. The Morgan fingerprint density at radius 3 is 2.41 bits per heavy atom. The predicted octanol–water partition coefficient (Wildman–Crippen LogP) is 4.41. The van der Waals surface area contributed by atoms with Gasteiger partial charge in [-0.25, -0.2) is 0 Å². The number of carbonyl (C=O) groups is 1. The fourth-order valence-electron chi connectivity index (χ4n) is 2.37. The summed E-state index contributed by atoms with van der Waals surface area (Å²) in [6.07, 6.45) is 1.66. The molecule has 1 nitrogen and oxygen atoms in total. The minimum absolute atomic E-state index is 0.293. The van der Waals surface area contributed by atoms with E-state index in [2.05, 4.69) is 45.9 Å². The number of carbonyl (C=O) groups excluding carboxylic acids is 1. The van der Waals surface area contributed by atoms with Crippen LogP contribution >= 0.6 is 0 Å². The van der Waals surface area contributed by atoms with Gasteiger partial charge in [-0.05, 0) is 50.2 Å². The predicted molar refractivity (Wildman–Crippen MR) is 73.4 cm³/mol. The summed E-state index contributed by atoms with van der Waals surface area (Å²) in [4.78, 5) is 11.2. The molecule has 1 unspecified atom stereocenters. The lowest BCUT2D eigenvalue weighted by Gasteiger charge is -2.23. The summed E-state index contributed by atoms with van der Waals surface area (Å²) < 4.78 is 0. The third-order valence-corrected chi connectivity index (χ3v) is 3.45. The van der Waals surface area contributed by atoms with Gasteiger partial charge >= 0.3 is 0 Å². The fourth-order valence-corrected chi connectivity index (χ4v) is 2.37. The number of Topliss-reactive ketones (excluding diaryl/α,β-unsaturated/α-hetero) is 1. The normalized spacial score (nSPS) is 12.8. The van der Waals surface area contributed by atoms with E-state index in [9.17, 15) is 4.79 Å². The van der Waals surface area contributed by atoms with Gasteiger partial charge in [0.15, 0.2) is 0 Å². The monoisotopic (exact) mass is 232 g/mol. The molecule has 1 aromatic carbocycles. The lowest BCUT2D eigenvalue weighted by atomic mass is 9.82. The minimum Gasteiger partial charge on any atom is -0.300 e. The minimum atomic E-state index is 0.293. The van der Waals surface area contributed by atoms with Gasteiger partial charge in [0.25, 0.3) is 0 Å². The first-order chi connectivity index (χ1) is 7.91. The molecule has 1 rings (SSSR count). The van der Waals surface area contributed by atoms with Crippen LogP contribution in [0.1, 0.15) is 56.2 Å². The summed E-state index contributed by atoms with van der Waals surface area (Å²) in [5.74, 6) is 1.37. The molecule has 0 bridgehead atoms. The summed E-state index contributed by atoms with van der Waals surface area (Å²) in [5.41, 5.74) is 4.07. The Labute approximate surface area is 105 Å². The van der Waals surface area contributed by atoms with Crippen molar-refractivity contribution in [3.63, 3.8) is 0 Å². The van der Waals surface area contributed by atoms with Crippen LogP contribution in [0.2, 0.25) is 0 Å². The SMILES string of the molecule is CC(=O)CCC(c1cc(C)ccc1C)C(C)C. The van der Waals surface area contributed by atoms with Crippen molar-refractivity contribution in [1.82, 2.24) is 0 Å². The highest BCUT2D eigenvalue weighted by Crippen LogP contribution is 2.32. The summed E-state index contributed by atoms with van der Waals surface area (Å²) in [7, 11) is 0. The zero-order valence-electron chi connectivity index (χ0n) is 11.7. The number of hydrogen-bond acceptors (Lipinski definition) is 1. The molecule has 0 heterocycles. The highest BCUT2D eigenvalue weighted by Gasteiger charge is 2.18. The lowest BCUT2D eigenvalue weighted by Crippen LogP contribution is -2.10. The first-order valence-corrected chi connectivity index (χ1v) is 6.48. The molecule has 0 saturated heterocycles. The van der Waals surface area contributed by atoms with E-state index in [0.29, 0.717) is 24.0 Å². The zero-order valence-corrected chi connectivity index (χ0v) is 11.7. The standard InChI is InChI=1S/C16H24O/c1-11(2)15(9-8-14(5)17)16-10-12(3)6-7-13(16)4/h6-7,10-11,15H,8-9H2,1-5H3. The molecular formula is C16H24O. The van der Waals surface area contributed by atoms with Crippen LogP contribution in [-0.4, -0.2) is 5.78 Å². The van der Waals surface area contributed by atoms with Gasteiger partial charge < -0.3 is 4.79 Å². The highest BCUT2D eigenvalue weighted by atomic mass is 16.1. The zero-order chi connectivity index (χ0) is 13.0. The third kappa shape index (κ3) is 3.99. The number of rotatable bonds is 5. The van der Waals surface area contributed by atoms with Crippen LogP contribution in [0.25, 0.3) is 0 Å². The van der Waals surface area contributed by atoms with Gasteiger partial charge in [0.05, 0.1) is 0 Å². The van der Waals surface area contributed by atoms with Crippen LogP contribution in [0, 0.1) is 19.8 Å². The van der Waals surface area contributed by atoms with Crippen LogP contribution in [0.4, 0.5) is 0 Å². The highest BCUT2D eigenvalue weighted by molar-refractivity contribution is 5.75. The Kier molecular flexibility index (Phi) is 4.92. The average Bonchev–Trinajstić information content (AvgIpc) is 2.22. The topological polar surface area (TPSA) is 17.1 Å². The maximum Gasteiger partial charge on any atom is 0.129 e. The molecule has 0 fully saturated rings. The van der Waals surface area contributed by atoms with E-state index < -0.39 is 0 Å². The van der Waals surface area contributed by atoms with Gasteiger partial charge in [0.2, 0.25) is 0 Å². The molecule has 0 radical (unpaired) electrons. The van der Waals surface area contributed by atoms with Crippen LogP contribution in [0.5, 0.6) is 0 Å². The first-order valence-electron chi connectivity index (χ1n) is 6.48. The Hall–Kier alpha value is -1.11. The van der Waals surface area contributed by atoms with Crippen molar-refractivity contribution in [2.45, 2.75) is 53.4 Å². The second-order valence-electron chi connectivity index (χ2n) is 5.45. The van der Waals surface area contributed by atoms with E-state index in [4.69, 9.17) is 0 Å². The molecule has 17 heavy (non-hydrogen) atoms. The number of aryl methyl sites for hydroxylation is 2. The van der Waals surface area contributed by atoms with Crippen LogP contribution in [0.3, 0.4) is 0 Å². The van der Waals surface area contributed by atoms with Crippen molar-refractivity contribution in [3.05, 3.63) is 34.9 Å². The quantitative estimate of drug-likeness (QED) is 0.734. The van der Waals surface area contributed by atoms with E-state index in [1.807, 2.05) is 0 Å². The number of ketones is 1. The first kappa shape index (κ1) is 14.0. The number of benzene rings is 1. The smallest absolute Gasteiger partial charge is 0.129 e. The van der Waals surface area contributed by atoms with Crippen molar-refractivity contribution < 1.29 is 4.79 Å². The van der Waals surface area contributed by atoms with Gasteiger partial charge in [-0.1, -0.05) is 37.6 Å². The van der Waals surface area contributed by atoms with Crippen molar-refractivity contribution in [1.29, 1.82) is 0 Å². The van der Waals surface area contributed by atoms with Crippen LogP contribution in [-0.2, 0) is 4.79 Å². The molecule has 1 atom stereocenters. The van der Waals surface area contributed by atoms with E-state index in [1.165, 1.54) is 16.7 Å². The van der Waals surface area contributed by atoms with Crippen LogP contribution in [0.15, 0.2) is 18.2 Å². The van der Waals surface area contributed by atoms with Crippen molar-refractivity contribution >= 4 is 5.78 Å². The Morgan fingerprint density at radius 1 is 1.24 bits per heavy atom. The van der Waals surface area contributed by atoms with Crippen molar-refractivity contribution in [2.24, 2.45) is 5.92 Å². The van der Waals surface area contributed by atoms with Gasteiger partial charge in [-0.2, -0.15) is 0 Å². The molecule has 0 spiro atoms. The fraction of sp³-hybridized carbons (Fsp3) is 0.562. The largest absolute Gasteiger partial charge is 0.300 e. The van der Waals surface area contributed by atoms with E-state index in [-0.39, 0.29) is 0 Å². The molecule has 0 aliphatic rings. The van der Waals surface area contributed by atoms with Crippen molar-refractivity contribution in [2.75, 3.05) is 0 Å². The lowest BCUT2D eigenvalue weighted by molar-refractivity contribution is -0.117.